The molecule has 3 nitrogen and oxygen atoms in total. The number of carbonyl (C=O) groups excluding carboxylic acids is 2. The van der Waals surface area contributed by atoms with E-state index < -0.39 is 0 Å². The Kier molecular flexibility index (Phi) is 7.30. The average molecular weight is 199 g/mol. The summed E-state index contributed by atoms with van der Waals surface area (Å²) in [5.74, 6) is 0.371. The second-order valence-electron chi connectivity index (χ2n) is 3.71. The fourth-order valence-corrected chi connectivity index (χ4v) is 1.24. The second kappa shape index (κ2) is 7.68. The van der Waals surface area contributed by atoms with Gasteiger partial charge in [0.25, 0.3) is 0 Å². The molecule has 0 aromatic heterocycles. The summed E-state index contributed by atoms with van der Waals surface area (Å²) in [5.41, 5.74) is 5.57. The number of Topliss-reactive ketones (excluding diaryl/α,β-unsaturated/α-hetero) is 2. The molecule has 2 N–H and O–H groups in total. The monoisotopic (exact) mass is 199 g/mol. The Morgan fingerprint density at radius 2 is 1.86 bits per heavy atom. The molecule has 0 spiro atoms. The van der Waals surface area contributed by atoms with E-state index in [1.165, 1.54) is 6.92 Å². The summed E-state index contributed by atoms with van der Waals surface area (Å²) >= 11 is 0. The minimum Gasteiger partial charge on any atom is -0.322 e. The van der Waals surface area contributed by atoms with Crippen molar-refractivity contribution < 1.29 is 9.59 Å². The SMILES string of the molecule is CCC(=O)CCCCC[C@H](N)C(C)=O. The molecule has 0 fully saturated rings. The van der Waals surface area contributed by atoms with Crippen molar-refractivity contribution >= 4 is 11.6 Å². The molecule has 0 aromatic rings. The summed E-state index contributed by atoms with van der Waals surface area (Å²) in [4.78, 5) is 21.7. The first-order valence-electron chi connectivity index (χ1n) is 5.35. The third kappa shape index (κ3) is 6.78. The predicted molar refractivity (Wildman–Crippen MR) is 57.0 cm³/mol. The second-order valence-corrected chi connectivity index (χ2v) is 3.71. The van der Waals surface area contributed by atoms with E-state index >= 15 is 0 Å². The van der Waals surface area contributed by atoms with Crippen LogP contribution in [-0.2, 0) is 9.59 Å². The number of nitrogens with two attached hydrogens (primary N) is 1. The zero-order chi connectivity index (χ0) is 11.0. The van der Waals surface area contributed by atoms with Crippen molar-refractivity contribution in [2.24, 2.45) is 5.73 Å². The van der Waals surface area contributed by atoms with Crippen LogP contribution in [0.1, 0.15) is 52.4 Å². The van der Waals surface area contributed by atoms with Crippen LogP contribution in [0.4, 0.5) is 0 Å². The highest BCUT2D eigenvalue weighted by Gasteiger charge is 2.06. The van der Waals surface area contributed by atoms with E-state index in [2.05, 4.69) is 0 Å². The zero-order valence-electron chi connectivity index (χ0n) is 9.21. The molecule has 0 aliphatic rings. The van der Waals surface area contributed by atoms with E-state index in [1.54, 1.807) is 0 Å². The van der Waals surface area contributed by atoms with Gasteiger partial charge in [-0.3, -0.25) is 9.59 Å². The van der Waals surface area contributed by atoms with Gasteiger partial charge in [-0.2, -0.15) is 0 Å². The Bertz CT molecular complexity index is 190. The van der Waals surface area contributed by atoms with Gasteiger partial charge in [-0.1, -0.05) is 19.8 Å². The van der Waals surface area contributed by atoms with Crippen LogP contribution in [0.5, 0.6) is 0 Å². The molecule has 0 heterocycles. The minimum absolute atomic E-state index is 0.0506. The van der Waals surface area contributed by atoms with E-state index in [0.29, 0.717) is 18.6 Å². The van der Waals surface area contributed by atoms with Gasteiger partial charge in [-0.05, 0) is 19.8 Å². The first-order valence-corrected chi connectivity index (χ1v) is 5.35. The van der Waals surface area contributed by atoms with Crippen LogP contribution in [0, 0.1) is 0 Å². The quantitative estimate of drug-likeness (QED) is 0.607. The maximum Gasteiger partial charge on any atom is 0.146 e. The van der Waals surface area contributed by atoms with Gasteiger partial charge in [0, 0.05) is 12.8 Å². The molecule has 0 saturated carbocycles. The highest BCUT2D eigenvalue weighted by Crippen LogP contribution is 2.06. The summed E-state index contributed by atoms with van der Waals surface area (Å²) < 4.78 is 0. The van der Waals surface area contributed by atoms with Crippen LogP contribution in [0.15, 0.2) is 0 Å². The fraction of sp³-hybridized carbons (Fsp3) is 0.818. The van der Waals surface area contributed by atoms with Crippen molar-refractivity contribution in [3.05, 3.63) is 0 Å². The van der Waals surface area contributed by atoms with Gasteiger partial charge in [-0.25, -0.2) is 0 Å². The molecule has 0 unspecified atom stereocenters. The Morgan fingerprint density at radius 1 is 1.21 bits per heavy atom. The molecular formula is C11H21NO2. The Labute approximate surface area is 86.1 Å². The Balaban J connectivity index is 3.30. The lowest BCUT2D eigenvalue weighted by Crippen LogP contribution is -2.27. The standard InChI is InChI=1S/C11H21NO2/c1-3-10(14)7-5-4-6-8-11(12)9(2)13/h11H,3-8,12H2,1-2H3/t11-/m0/s1. The number of hydrogen-bond acceptors (Lipinski definition) is 3. The first-order chi connectivity index (χ1) is 6.57. The molecule has 0 aromatic carbocycles. The van der Waals surface area contributed by atoms with Gasteiger partial charge in [0.15, 0.2) is 0 Å². The van der Waals surface area contributed by atoms with Crippen LogP contribution < -0.4 is 5.73 Å². The van der Waals surface area contributed by atoms with E-state index in [-0.39, 0.29) is 11.8 Å². The zero-order valence-corrected chi connectivity index (χ0v) is 9.21. The number of ketones is 2. The van der Waals surface area contributed by atoms with Crippen molar-refractivity contribution in [1.29, 1.82) is 0 Å². The van der Waals surface area contributed by atoms with Gasteiger partial charge in [0.2, 0.25) is 0 Å². The van der Waals surface area contributed by atoms with E-state index in [0.717, 1.165) is 25.7 Å². The number of rotatable bonds is 8. The van der Waals surface area contributed by atoms with Crippen molar-refractivity contribution in [3.63, 3.8) is 0 Å². The summed E-state index contributed by atoms with van der Waals surface area (Å²) in [6.45, 7) is 3.40. The molecule has 0 aliphatic carbocycles. The van der Waals surface area contributed by atoms with Gasteiger partial charge in [-0.15, -0.1) is 0 Å². The van der Waals surface area contributed by atoms with Gasteiger partial charge >= 0.3 is 0 Å². The maximum absolute atomic E-state index is 10.9. The highest BCUT2D eigenvalue weighted by molar-refractivity contribution is 5.81. The van der Waals surface area contributed by atoms with E-state index in [9.17, 15) is 9.59 Å². The van der Waals surface area contributed by atoms with Crippen LogP contribution >= 0.6 is 0 Å². The van der Waals surface area contributed by atoms with Gasteiger partial charge < -0.3 is 5.73 Å². The molecule has 0 bridgehead atoms. The van der Waals surface area contributed by atoms with Gasteiger partial charge in [0.1, 0.15) is 11.6 Å². The third-order valence-electron chi connectivity index (χ3n) is 2.39. The molecule has 0 aliphatic heterocycles. The van der Waals surface area contributed by atoms with Crippen molar-refractivity contribution in [3.8, 4) is 0 Å². The van der Waals surface area contributed by atoms with E-state index in [1.807, 2.05) is 6.92 Å². The number of carbonyl (C=O) groups is 2. The lowest BCUT2D eigenvalue weighted by molar-refractivity contribution is -0.119. The molecule has 14 heavy (non-hydrogen) atoms. The summed E-state index contributed by atoms with van der Waals surface area (Å²) in [6.07, 6.45) is 4.91. The van der Waals surface area contributed by atoms with Crippen molar-refractivity contribution in [2.45, 2.75) is 58.4 Å². The number of unbranched alkanes of at least 4 members (excludes halogenated alkanes) is 2. The van der Waals surface area contributed by atoms with Crippen molar-refractivity contribution in [1.82, 2.24) is 0 Å². The summed E-state index contributed by atoms with van der Waals surface area (Å²) in [6, 6.07) is -0.308. The molecule has 1 atom stereocenters. The normalized spacial score (nSPS) is 12.5. The van der Waals surface area contributed by atoms with Crippen LogP contribution in [0.3, 0.4) is 0 Å². The Hall–Kier alpha value is -0.700. The average Bonchev–Trinajstić information content (AvgIpc) is 2.16. The lowest BCUT2D eigenvalue weighted by Gasteiger charge is -2.06. The van der Waals surface area contributed by atoms with E-state index in [4.69, 9.17) is 5.73 Å². The third-order valence-corrected chi connectivity index (χ3v) is 2.39. The Morgan fingerprint density at radius 3 is 2.36 bits per heavy atom. The largest absolute Gasteiger partial charge is 0.322 e. The lowest BCUT2D eigenvalue weighted by atomic mass is 10.0. The maximum atomic E-state index is 10.9. The molecule has 0 radical (unpaired) electrons. The molecule has 0 rings (SSSR count). The molecular weight excluding hydrogens is 178 g/mol. The summed E-state index contributed by atoms with van der Waals surface area (Å²) in [5, 5.41) is 0. The first kappa shape index (κ1) is 13.3. The molecule has 82 valence electrons. The molecule has 0 amide bonds. The molecule has 3 heteroatoms. The van der Waals surface area contributed by atoms with Crippen molar-refractivity contribution in [2.75, 3.05) is 0 Å². The van der Waals surface area contributed by atoms with Gasteiger partial charge in [0.05, 0.1) is 6.04 Å². The smallest absolute Gasteiger partial charge is 0.146 e. The molecule has 0 saturated heterocycles. The van der Waals surface area contributed by atoms with Crippen LogP contribution in [0.2, 0.25) is 0 Å². The topological polar surface area (TPSA) is 60.2 Å². The highest BCUT2D eigenvalue weighted by atomic mass is 16.1. The predicted octanol–water partition coefficient (Wildman–Crippen LogP) is 1.83. The number of hydrogen-bond donors (Lipinski definition) is 1. The fourth-order valence-electron chi connectivity index (χ4n) is 1.24. The van der Waals surface area contributed by atoms with Crippen LogP contribution in [0.25, 0.3) is 0 Å². The minimum atomic E-state index is -0.308. The van der Waals surface area contributed by atoms with Crippen LogP contribution in [-0.4, -0.2) is 17.6 Å². The summed E-state index contributed by atoms with van der Waals surface area (Å²) in [7, 11) is 0.